The molecule has 8 nitrogen and oxygen atoms in total. The number of hydrogen-bond donors (Lipinski definition) is 1. The molecule has 3 aromatic heterocycles. The third kappa shape index (κ3) is 2.94. The average molecular weight is 320 g/mol. The number of aromatic nitrogens is 7. The smallest absolute Gasteiger partial charge is 0.254 e. The first-order chi connectivity index (χ1) is 11.8. The molecule has 0 fully saturated rings. The number of nitrogens with zero attached hydrogens (tertiary/aromatic N) is 7. The SMILES string of the molecule is Cc1cc(NCc2ccc(Cn3cncn3)cc2)n2ncnc2n1. The summed E-state index contributed by atoms with van der Waals surface area (Å²) in [5.74, 6) is 1.47. The summed E-state index contributed by atoms with van der Waals surface area (Å²) in [5, 5.41) is 11.7. The molecule has 0 saturated carbocycles. The van der Waals surface area contributed by atoms with Gasteiger partial charge in [0.25, 0.3) is 5.78 Å². The Hall–Kier alpha value is -3.29. The Morgan fingerprint density at radius 2 is 1.88 bits per heavy atom. The normalized spacial score (nSPS) is 11.0. The van der Waals surface area contributed by atoms with Crippen molar-refractivity contribution < 1.29 is 0 Å². The summed E-state index contributed by atoms with van der Waals surface area (Å²) < 4.78 is 3.50. The van der Waals surface area contributed by atoms with Gasteiger partial charge in [0.1, 0.15) is 24.8 Å². The van der Waals surface area contributed by atoms with Crippen molar-refractivity contribution in [3.63, 3.8) is 0 Å². The molecule has 8 heteroatoms. The highest BCUT2D eigenvalue weighted by molar-refractivity contribution is 5.45. The molecule has 1 N–H and O–H groups in total. The lowest BCUT2D eigenvalue weighted by Gasteiger charge is -2.09. The van der Waals surface area contributed by atoms with E-state index in [2.05, 4.69) is 54.7 Å². The minimum absolute atomic E-state index is 0.598. The van der Waals surface area contributed by atoms with Crippen LogP contribution < -0.4 is 5.32 Å². The molecular formula is C16H16N8. The molecular weight excluding hydrogens is 304 g/mol. The molecule has 24 heavy (non-hydrogen) atoms. The van der Waals surface area contributed by atoms with E-state index in [1.807, 2.05) is 13.0 Å². The fraction of sp³-hybridized carbons (Fsp3) is 0.188. The van der Waals surface area contributed by atoms with Crippen LogP contribution in [0.25, 0.3) is 5.78 Å². The maximum atomic E-state index is 4.33. The van der Waals surface area contributed by atoms with Crippen LogP contribution >= 0.6 is 0 Å². The zero-order valence-corrected chi connectivity index (χ0v) is 13.2. The van der Waals surface area contributed by atoms with Crippen molar-refractivity contribution >= 4 is 11.6 Å². The second-order valence-electron chi connectivity index (χ2n) is 5.52. The molecule has 0 unspecified atom stereocenters. The van der Waals surface area contributed by atoms with Crippen LogP contribution in [0.5, 0.6) is 0 Å². The Balaban J connectivity index is 1.46. The number of hydrogen-bond acceptors (Lipinski definition) is 6. The quantitative estimate of drug-likeness (QED) is 0.602. The maximum absolute atomic E-state index is 4.33. The monoisotopic (exact) mass is 320 g/mol. The lowest BCUT2D eigenvalue weighted by Crippen LogP contribution is -2.07. The highest BCUT2D eigenvalue weighted by Crippen LogP contribution is 2.12. The summed E-state index contributed by atoms with van der Waals surface area (Å²) in [7, 11) is 0. The number of rotatable bonds is 5. The lowest BCUT2D eigenvalue weighted by molar-refractivity contribution is 0.684. The number of nitrogens with one attached hydrogen (secondary N) is 1. The summed E-state index contributed by atoms with van der Waals surface area (Å²) in [6.07, 6.45) is 4.76. The van der Waals surface area contributed by atoms with Crippen molar-refractivity contribution in [3.05, 3.63) is 66.1 Å². The van der Waals surface area contributed by atoms with Crippen molar-refractivity contribution in [2.24, 2.45) is 0 Å². The van der Waals surface area contributed by atoms with Crippen molar-refractivity contribution in [1.29, 1.82) is 0 Å². The first-order valence-electron chi connectivity index (χ1n) is 7.59. The van der Waals surface area contributed by atoms with Crippen LogP contribution in [0.2, 0.25) is 0 Å². The Morgan fingerprint density at radius 3 is 2.67 bits per heavy atom. The first kappa shape index (κ1) is 14.3. The van der Waals surface area contributed by atoms with Gasteiger partial charge in [0, 0.05) is 18.3 Å². The van der Waals surface area contributed by atoms with E-state index in [0.717, 1.165) is 18.1 Å². The Labute approximate surface area is 138 Å². The molecule has 120 valence electrons. The zero-order valence-electron chi connectivity index (χ0n) is 13.2. The second-order valence-corrected chi connectivity index (χ2v) is 5.52. The highest BCUT2D eigenvalue weighted by Gasteiger charge is 2.05. The van der Waals surface area contributed by atoms with Gasteiger partial charge in [-0.25, -0.2) is 14.6 Å². The largest absolute Gasteiger partial charge is 0.366 e. The molecule has 1 aromatic carbocycles. The van der Waals surface area contributed by atoms with E-state index in [-0.39, 0.29) is 0 Å². The minimum atomic E-state index is 0.598. The van der Waals surface area contributed by atoms with E-state index in [0.29, 0.717) is 12.3 Å². The van der Waals surface area contributed by atoms with E-state index >= 15 is 0 Å². The molecule has 0 bridgehead atoms. The first-order valence-corrected chi connectivity index (χ1v) is 7.59. The number of aryl methyl sites for hydroxylation is 1. The average Bonchev–Trinajstić information content (AvgIpc) is 3.25. The van der Waals surface area contributed by atoms with Crippen molar-refractivity contribution in [2.45, 2.75) is 20.0 Å². The maximum Gasteiger partial charge on any atom is 0.254 e. The summed E-state index contributed by atoms with van der Waals surface area (Å²) >= 11 is 0. The second kappa shape index (κ2) is 6.07. The van der Waals surface area contributed by atoms with Crippen LogP contribution in [0.3, 0.4) is 0 Å². The van der Waals surface area contributed by atoms with Crippen LogP contribution in [0, 0.1) is 6.92 Å². The van der Waals surface area contributed by atoms with Gasteiger partial charge >= 0.3 is 0 Å². The van der Waals surface area contributed by atoms with E-state index in [4.69, 9.17) is 0 Å². The van der Waals surface area contributed by atoms with Gasteiger partial charge in [-0.15, -0.1) is 0 Å². The topological polar surface area (TPSA) is 85.8 Å². The van der Waals surface area contributed by atoms with Crippen LogP contribution in [0.4, 0.5) is 5.82 Å². The predicted molar refractivity (Wildman–Crippen MR) is 88.4 cm³/mol. The van der Waals surface area contributed by atoms with Gasteiger partial charge < -0.3 is 5.32 Å². The molecule has 0 aliphatic carbocycles. The molecule has 4 aromatic rings. The molecule has 4 rings (SSSR count). The van der Waals surface area contributed by atoms with Crippen LogP contribution in [0.1, 0.15) is 16.8 Å². The van der Waals surface area contributed by atoms with E-state index in [1.54, 1.807) is 21.9 Å². The summed E-state index contributed by atoms with van der Waals surface area (Å²) in [4.78, 5) is 12.4. The van der Waals surface area contributed by atoms with Crippen molar-refractivity contribution in [3.8, 4) is 0 Å². The highest BCUT2D eigenvalue weighted by atomic mass is 15.3. The van der Waals surface area contributed by atoms with Gasteiger partial charge in [-0.05, 0) is 18.1 Å². The zero-order chi connectivity index (χ0) is 16.4. The Kier molecular flexibility index (Phi) is 3.62. The van der Waals surface area contributed by atoms with E-state index < -0.39 is 0 Å². The van der Waals surface area contributed by atoms with Gasteiger partial charge in [0.15, 0.2) is 0 Å². The fourth-order valence-electron chi connectivity index (χ4n) is 2.51. The number of anilines is 1. The van der Waals surface area contributed by atoms with Crippen molar-refractivity contribution in [1.82, 2.24) is 34.3 Å². The fourth-order valence-corrected chi connectivity index (χ4v) is 2.51. The minimum Gasteiger partial charge on any atom is -0.366 e. The summed E-state index contributed by atoms with van der Waals surface area (Å²) in [6, 6.07) is 10.4. The van der Waals surface area contributed by atoms with Gasteiger partial charge in [0.2, 0.25) is 0 Å². The van der Waals surface area contributed by atoms with Gasteiger partial charge in [0.05, 0.1) is 6.54 Å². The Morgan fingerprint density at radius 1 is 1.04 bits per heavy atom. The summed E-state index contributed by atoms with van der Waals surface area (Å²) in [6.45, 7) is 3.36. The van der Waals surface area contributed by atoms with Gasteiger partial charge in [-0.3, -0.25) is 0 Å². The molecule has 0 aliphatic heterocycles. The molecule has 0 atom stereocenters. The lowest BCUT2D eigenvalue weighted by atomic mass is 10.1. The third-order valence-electron chi connectivity index (χ3n) is 3.69. The van der Waals surface area contributed by atoms with Gasteiger partial charge in [-0.1, -0.05) is 24.3 Å². The van der Waals surface area contributed by atoms with Crippen LogP contribution in [0.15, 0.2) is 49.3 Å². The third-order valence-corrected chi connectivity index (χ3v) is 3.69. The number of fused-ring (bicyclic) bond motifs is 1. The van der Waals surface area contributed by atoms with Gasteiger partial charge in [-0.2, -0.15) is 19.7 Å². The predicted octanol–water partition coefficient (Wildman–Crippen LogP) is 1.68. The molecule has 0 aliphatic rings. The van der Waals surface area contributed by atoms with Crippen LogP contribution in [-0.4, -0.2) is 34.3 Å². The molecule has 0 saturated heterocycles. The van der Waals surface area contributed by atoms with E-state index in [1.165, 1.54) is 17.5 Å². The number of benzene rings is 1. The summed E-state index contributed by atoms with van der Waals surface area (Å²) in [5.41, 5.74) is 3.27. The van der Waals surface area contributed by atoms with Crippen molar-refractivity contribution in [2.75, 3.05) is 5.32 Å². The van der Waals surface area contributed by atoms with E-state index in [9.17, 15) is 0 Å². The molecule has 0 radical (unpaired) electrons. The van der Waals surface area contributed by atoms with Crippen LogP contribution in [-0.2, 0) is 13.1 Å². The Bertz CT molecular complexity index is 940. The molecule has 0 amide bonds. The molecule has 3 heterocycles. The standard InChI is InChI=1S/C16H16N8/c1-12-6-15(24-16(22-12)19-10-21-24)18-7-13-2-4-14(5-3-13)8-23-11-17-9-20-23/h2-6,9-11,18H,7-8H2,1H3. The molecule has 0 spiro atoms.